The lowest BCUT2D eigenvalue weighted by molar-refractivity contribution is -0.123. The summed E-state index contributed by atoms with van der Waals surface area (Å²) in [6.07, 6.45) is 9.12. The van der Waals surface area contributed by atoms with Crippen LogP contribution in [-0.2, 0) is 9.59 Å². The number of hydrogen-bond donors (Lipinski definition) is 2. The highest BCUT2D eigenvalue weighted by Crippen LogP contribution is 2.33. The molecule has 66 heavy (non-hydrogen) atoms. The summed E-state index contributed by atoms with van der Waals surface area (Å²) in [7, 11) is 0. The average molecular weight is 879 g/mol. The second kappa shape index (κ2) is 17.9. The number of fused-ring (bicyclic) bond motifs is 9. The zero-order valence-corrected chi connectivity index (χ0v) is 35.2. The van der Waals surface area contributed by atoms with Gasteiger partial charge in [0.1, 0.15) is 39.9 Å². The number of Topliss-reactive ketones (excluding diaryl/α,β-unsaturated/α-hetero) is 6. The lowest BCUT2D eigenvalue weighted by atomic mass is 9.90. The molecule has 0 atom stereocenters. The van der Waals surface area contributed by atoms with Crippen molar-refractivity contribution in [2.24, 2.45) is 5.41 Å². The molecule has 0 bridgehead atoms. The first-order chi connectivity index (χ1) is 31.7. The standard InChI is InChI=1S/C20H13N3O4.C17H15N3O3.C12H6N2O2/c24-16(11-27-13-5-2-1-3-6-13)23-12-9-15-18(22-10-12)17-14(7-4-8-21-17)19(25)20(15)26;1-17(2,3)16(23)20-9-7-11-13(19-8-9)12-10(5-4-6-18-12)14(21)15(11)22;15-11-7-3-1-5-13-9(7)10-8(12(11)16)4-2-6-14-10/h1-10H,11H2,(H,23,24);4-8H,1-3H3,(H,20,23);1-6H. The number of nitrogens with zero attached hydrogens (tertiary/aromatic N) is 6. The van der Waals surface area contributed by atoms with Crippen molar-refractivity contribution in [2.45, 2.75) is 20.8 Å². The van der Waals surface area contributed by atoms with Crippen molar-refractivity contribution in [1.82, 2.24) is 29.9 Å². The quantitative estimate of drug-likeness (QED) is 0.174. The van der Waals surface area contributed by atoms with Gasteiger partial charge in [-0.2, -0.15) is 0 Å². The predicted molar refractivity (Wildman–Crippen MR) is 237 cm³/mol. The molecule has 10 rings (SSSR count). The lowest BCUT2D eigenvalue weighted by Crippen LogP contribution is -2.28. The summed E-state index contributed by atoms with van der Waals surface area (Å²) in [5.41, 5.74) is 3.95. The van der Waals surface area contributed by atoms with Gasteiger partial charge in [0.05, 0.1) is 57.1 Å². The molecule has 3 aliphatic rings. The third-order valence-electron chi connectivity index (χ3n) is 10.1. The van der Waals surface area contributed by atoms with Gasteiger partial charge in [-0.3, -0.25) is 68.3 Å². The second-order valence-corrected chi connectivity index (χ2v) is 15.7. The van der Waals surface area contributed by atoms with Crippen LogP contribution >= 0.6 is 0 Å². The molecule has 3 aliphatic carbocycles. The first-order valence-corrected chi connectivity index (χ1v) is 20.1. The van der Waals surface area contributed by atoms with Gasteiger partial charge < -0.3 is 15.4 Å². The number of ether oxygens (including phenoxy) is 1. The largest absolute Gasteiger partial charge is 0.484 e. The number of benzene rings is 1. The van der Waals surface area contributed by atoms with Crippen LogP contribution in [0.4, 0.5) is 11.4 Å². The Kier molecular flexibility index (Phi) is 11.8. The predicted octanol–water partition coefficient (Wildman–Crippen LogP) is 6.57. The summed E-state index contributed by atoms with van der Waals surface area (Å²) in [5, 5.41) is 5.32. The molecule has 2 N–H and O–H groups in total. The van der Waals surface area contributed by atoms with Gasteiger partial charge >= 0.3 is 0 Å². The van der Waals surface area contributed by atoms with Gasteiger partial charge in [0.2, 0.25) is 40.6 Å². The summed E-state index contributed by atoms with van der Waals surface area (Å²) in [5.74, 6) is -3.62. The number of aromatic nitrogens is 6. The van der Waals surface area contributed by atoms with Crippen molar-refractivity contribution < 1.29 is 43.1 Å². The van der Waals surface area contributed by atoms with Gasteiger partial charge in [0.25, 0.3) is 5.91 Å². The van der Waals surface area contributed by atoms with Crippen molar-refractivity contribution >= 4 is 57.9 Å². The summed E-state index contributed by atoms with van der Waals surface area (Å²) in [6.45, 7) is 5.15. The minimum atomic E-state index is -0.672. The number of carbonyl (C=O) groups is 8. The monoisotopic (exact) mass is 878 g/mol. The van der Waals surface area contributed by atoms with Crippen LogP contribution in [0.2, 0.25) is 0 Å². The molecule has 0 radical (unpaired) electrons. The molecular weight excluding hydrogens is 845 g/mol. The van der Waals surface area contributed by atoms with E-state index in [2.05, 4.69) is 40.5 Å². The van der Waals surface area contributed by atoms with Crippen molar-refractivity contribution in [3.8, 4) is 39.9 Å². The van der Waals surface area contributed by atoms with Crippen LogP contribution in [0.25, 0.3) is 34.2 Å². The van der Waals surface area contributed by atoms with Crippen molar-refractivity contribution in [3.05, 3.63) is 162 Å². The van der Waals surface area contributed by atoms with Crippen LogP contribution in [0.1, 0.15) is 82.9 Å². The zero-order valence-electron chi connectivity index (χ0n) is 35.2. The number of carbonyl (C=O) groups excluding carboxylic acids is 8. The number of hydrogen-bond acceptors (Lipinski definition) is 15. The molecule has 0 saturated heterocycles. The van der Waals surface area contributed by atoms with E-state index in [1.807, 2.05) is 6.07 Å². The molecule has 0 fully saturated rings. The molecule has 0 unspecified atom stereocenters. The third-order valence-corrected chi connectivity index (χ3v) is 10.1. The Labute approximate surface area is 374 Å². The van der Waals surface area contributed by atoms with E-state index in [0.29, 0.717) is 62.4 Å². The maximum Gasteiger partial charge on any atom is 0.262 e. The number of pyridine rings is 6. The number of para-hydroxylation sites is 1. The molecule has 0 saturated carbocycles. The van der Waals surface area contributed by atoms with Crippen molar-refractivity contribution in [1.29, 1.82) is 0 Å². The fraction of sp³-hybridized carbons (Fsp3) is 0.102. The maximum absolute atomic E-state index is 12.4. The summed E-state index contributed by atoms with van der Waals surface area (Å²) >= 11 is 0. The topological polar surface area (TPSA) is 247 Å². The number of amides is 2. The van der Waals surface area contributed by atoms with Crippen molar-refractivity contribution in [3.63, 3.8) is 0 Å². The molecule has 6 heterocycles. The van der Waals surface area contributed by atoms with E-state index in [1.165, 1.54) is 30.7 Å². The van der Waals surface area contributed by atoms with E-state index in [9.17, 15) is 38.4 Å². The minimum Gasteiger partial charge on any atom is -0.484 e. The van der Waals surface area contributed by atoms with Crippen LogP contribution in [0.3, 0.4) is 0 Å². The Morgan fingerprint density at radius 2 is 0.803 bits per heavy atom. The Hall–Kier alpha value is -9.12. The van der Waals surface area contributed by atoms with Gasteiger partial charge in [0.15, 0.2) is 6.61 Å². The van der Waals surface area contributed by atoms with Crippen LogP contribution in [0.15, 0.2) is 128 Å². The van der Waals surface area contributed by atoms with Gasteiger partial charge in [-0.15, -0.1) is 0 Å². The molecule has 7 aromatic rings. The van der Waals surface area contributed by atoms with Gasteiger partial charge in [-0.25, -0.2) is 0 Å². The Bertz CT molecular complexity index is 3150. The molecule has 6 aromatic heterocycles. The summed E-state index contributed by atoms with van der Waals surface area (Å²) < 4.78 is 5.37. The molecule has 324 valence electrons. The molecular formula is C49H34N8O9. The van der Waals surface area contributed by atoms with E-state index in [-0.39, 0.29) is 34.8 Å². The van der Waals surface area contributed by atoms with E-state index in [1.54, 1.807) is 112 Å². The lowest BCUT2D eigenvalue weighted by Gasteiger charge is -2.19. The SMILES string of the molecule is CC(C)(C)C(=O)Nc1cnc2c(c1)C(=O)C(=O)c1cccnc1-2.O=C(COc1ccccc1)Nc1cnc2c(c1)C(=O)C(=O)c1cccnc1-2.O=C1C(=O)c2cccnc2-c2ncccc21. The molecule has 2 amide bonds. The minimum absolute atomic E-state index is 0.118. The van der Waals surface area contributed by atoms with Crippen LogP contribution in [0, 0.1) is 5.41 Å². The van der Waals surface area contributed by atoms with Gasteiger partial charge in [-0.1, -0.05) is 39.0 Å². The molecule has 1 aromatic carbocycles. The Morgan fingerprint density at radius 3 is 1.18 bits per heavy atom. The molecule has 17 heteroatoms. The highest BCUT2D eigenvalue weighted by molar-refractivity contribution is 6.54. The van der Waals surface area contributed by atoms with Crippen molar-refractivity contribution in [2.75, 3.05) is 17.2 Å². The summed E-state index contributed by atoms with van der Waals surface area (Å²) in [4.78, 5) is 122. The zero-order chi connectivity index (χ0) is 46.7. The molecule has 17 nitrogen and oxygen atoms in total. The fourth-order valence-corrected chi connectivity index (χ4v) is 6.81. The fourth-order valence-electron chi connectivity index (χ4n) is 6.81. The van der Waals surface area contributed by atoms with E-state index in [4.69, 9.17) is 4.74 Å². The van der Waals surface area contributed by atoms with Crippen LogP contribution in [0.5, 0.6) is 5.75 Å². The van der Waals surface area contributed by atoms with E-state index >= 15 is 0 Å². The van der Waals surface area contributed by atoms with Gasteiger partial charge in [-0.05, 0) is 72.8 Å². The molecule has 0 aliphatic heterocycles. The van der Waals surface area contributed by atoms with E-state index in [0.717, 1.165) is 0 Å². The highest BCUT2D eigenvalue weighted by atomic mass is 16.5. The number of nitrogens with one attached hydrogen (secondary N) is 2. The second-order valence-electron chi connectivity index (χ2n) is 15.7. The maximum atomic E-state index is 12.4. The van der Waals surface area contributed by atoms with Crippen LogP contribution < -0.4 is 15.4 Å². The normalized spacial score (nSPS) is 12.8. The average Bonchev–Trinajstić information content (AvgIpc) is 3.34. The highest BCUT2D eigenvalue weighted by Gasteiger charge is 2.35. The Balaban J connectivity index is 0.000000139. The molecule has 0 spiro atoms. The first-order valence-electron chi connectivity index (χ1n) is 20.1. The number of ketones is 6. The smallest absolute Gasteiger partial charge is 0.262 e. The number of rotatable bonds is 5. The Morgan fingerprint density at radius 1 is 0.455 bits per heavy atom. The number of anilines is 2. The summed E-state index contributed by atoms with van der Waals surface area (Å²) in [6, 6.07) is 24.6. The van der Waals surface area contributed by atoms with Gasteiger partial charge in [0, 0.05) is 30.2 Å². The third kappa shape index (κ3) is 8.63. The van der Waals surface area contributed by atoms with Crippen LogP contribution in [-0.4, -0.2) is 83.0 Å². The van der Waals surface area contributed by atoms with E-state index < -0.39 is 46.0 Å². The first kappa shape index (κ1) is 43.5.